The number of carbonyl (C=O) groups is 1. The number of anilines is 1. The number of rotatable bonds is 5. The molecule has 128 valence electrons. The van der Waals surface area contributed by atoms with E-state index in [1.54, 1.807) is 17.0 Å². The number of likely N-dealkylation sites (N-methyl/N-ethyl adjacent to an activating group) is 1. The Morgan fingerprint density at radius 2 is 1.74 bits per heavy atom. The van der Waals surface area contributed by atoms with Gasteiger partial charge in [-0.25, -0.2) is 8.42 Å². The van der Waals surface area contributed by atoms with Gasteiger partial charge in [-0.3, -0.25) is 9.10 Å². The Morgan fingerprint density at radius 3 is 2.22 bits per heavy atom. The Labute approximate surface area is 151 Å². The number of hydrogen-bond donors (Lipinski definition) is 0. The molecular weight excluding hydrogens is 429 g/mol. The highest BCUT2D eigenvalue weighted by atomic mass is 127. The fourth-order valence-corrected chi connectivity index (χ4v) is 3.75. The molecule has 0 saturated carbocycles. The van der Waals surface area contributed by atoms with Crippen LogP contribution in [0.3, 0.4) is 0 Å². The van der Waals surface area contributed by atoms with Crippen LogP contribution in [-0.4, -0.2) is 69.6 Å². The third kappa shape index (κ3) is 5.05. The average molecular weight is 451 g/mol. The number of nitrogens with zero attached hydrogens (tertiary/aromatic N) is 3. The van der Waals surface area contributed by atoms with Crippen molar-refractivity contribution in [3.63, 3.8) is 0 Å². The largest absolute Gasteiger partial charge is 0.339 e. The van der Waals surface area contributed by atoms with Crippen molar-refractivity contribution in [1.29, 1.82) is 0 Å². The van der Waals surface area contributed by atoms with E-state index >= 15 is 0 Å². The van der Waals surface area contributed by atoms with Gasteiger partial charge in [-0.1, -0.05) is 6.92 Å². The smallest absolute Gasteiger partial charge is 0.243 e. The van der Waals surface area contributed by atoms with Crippen LogP contribution in [0.2, 0.25) is 0 Å². The van der Waals surface area contributed by atoms with E-state index in [0.29, 0.717) is 18.8 Å². The quantitative estimate of drug-likeness (QED) is 0.632. The van der Waals surface area contributed by atoms with Gasteiger partial charge < -0.3 is 9.80 Å². The zero-order valence-electron chi connectivity index (χ0n) is 13.4. The van der Waals surface area contributed by atoms with Crippen molar-refractivity contribution in [2.75, 3.05) is 49.8 Å². The number of sulfonamides is 1. The maximum absolute atomic E-state index is 12.5. The fourth-order valence-electron chi connectivity index (χ4n) is 2.54. The van der Waals surface area contributed by atoms with Gasteiger partial charge in [0.1, 0.15) is 6.54 Å². The first-order chi connectivity index (χ1) is 10.8. The number of hydrogen-bond acceptors (Lipinski definition) is 4. The van der Waals surface area contributed by atoms with Crippen LogP contribution in [0.4, 0.5) is 5.69 Å². The van der Waals surface area contributed by atoms with E-state index in [0.717, 1.165) is 29.5 Å². The molecule has 0 bridgehead atoms. The van der Waals surface area contributed by atoms with Crippen molar-refractivity contribution in [2.45, 2.75) is 6.92 Å². The van der Waals surface area contributed by atoms with Crippen LogP contribution in [0.15, 0.2) is 24.3 Å². The lowest BCUT2D eigenvalue weighted by atomic mass is 10.3. The minimum atomic E-state index is -3.51. The standard InChI is InChI=1S/C15H22IN3O3S/c1-3-17-8-10-18(11-9-17)15(20)12-19(23(2,21)22)14-6-4-13(16)5-7-14/h4-7H,3,8-12H2,1-2H3. The maximum Gasteiger partial charge on any atom is 0.243 e. The lowest BCUT2D eigenvalue weighted by Crippen LogP contribution is -2.51. The van der Waals surface area contributed by atoms with Crippen molar-refractivity contribution in [3.8, 4) is 0 Å². The molecule has 0 aromatic heterocycles. The summed E-state index contributed by atoms with van der Waals surface area (Å²) < 4.78 is 26.4. The second kappa shape index (κ2) is 7.80. The Bertz CT molecular complexity index is 640. The highest BCUT2D eigenvalue weighted by Gasteiger charge is 2.26. The van der Waals surface area contributed by atoms with E-state index in [4.69, 9.17) is 0 Å². The van der Waals surface area contributed by atoms with Gasteiger partial charge in [0, 0.05) is 29.7 Å². The molecule has 2 rings (SSSR count). The summed E-state index contributed by atoms with van der Waals surface area (Å²) in [4.78, 5) is 16.5. The molecule has 6 nitrogen and oxygen atoms in total. The summed E-state index contributed by atoms with van der Waals surface area (Å²) in [5.41, 5.74) is 0.522. The molecule has 8 heteroatoms. The van der Waals surface area contributed by atoms with Gasteiger partial charge in [0.05, 0.1) is 11.9 Å². The van der Waals surface area contributed by atoms with Crippen LogP contribution in [0.1, 0.15) is 6.92 Å². The molecule has 1 aromatic rings. The van der Waals surface area contributed by atoms with Gasteiger partial charge in [-0.05, 0) is 53.4 Å². The highest BCUT2D eigenvalue weighted by Crippen LogP contribution is 2.19. The predicted octanol–water partition coefficient (Wildman–Crippen LogP) is 1.22. The molecule has 1 aliphatic heterocycles. The van der Waals surface area contributed by atoms with Gasteiger partial charge in [0.2, 0.25) is 15.9 Å². The topological polar surface area (TPSA) is 60.9 Å². The summed E-state index contributed by atoms with van der Waals surface area (Å²) in [6.45, 7) is 5.90. The third-order valence-electron chi connectivity index (χ3n) is 3.97. The Morgan fingerprint density at radius 1 is 1.17 bits per heavy atom. The predicted molar refractivity (Wildman–Crippen MR) is 100 cm³/mol. The number of halogens is 1. The lowest BCUT2D eigenvalue weighted by Gasteiger charge is -2.35. The number of piperazine rings is 1. The third-order valence-corrected chi connectivity index (χ3v) is 5.83. The van der Waals surface area contributed by atoms with Gasteiger partial charge >= 0.3 is 0 Å². The molecule has 23 heavy (non-hydrogen) atoms. The van der Waals surface area contributed by atoms with Crippen LogP contribution in [0, 0.1) is 3.57 Å². The summed E-state index contributed by atoms with van der Waals surface area (Å²) in [5.74, 6) is -0.148. The van der Waals surface area contributed by atoms with Gasteiger partial charge in [-0.15, -0.1) is 0 Å². The highest BCUT2D eigenvalue weighted by molar-refractivity contribution is 14.1. The molecule has 0 radical (unpaired) electrons. The van der Waals surface area contributed by atoms with Crippen LogP contribution >= 0.6 is 22.6 Å². The van der Waals surface area contributed by atoms with Gasteiger partial charge in [0.15, 0.2) is 0 Å². The number of carbonyl (C=O) groups excluding carboxylic acids is 1. The van der Waals surface area contributed by atoms with Crippen LogP contribution in [0.25, 0.3) is 0 Å². The van der Waals surface area contributed by atoms with Crippen molar-refractivity contribution in [3.05, 3.63) is 27.8 Å². The lowest BCUT2D eigenvalue weighted by molar-refractivity contribution is -0.131. The second-order valence-corrected chi connectivity index (χ2v) is 8.71. The van der Waals surface area contributed by atoms with Crippen molar-refractivity contribution < 1.29 is 13.2 Å². The van der Waals surface area contributed by atoms with E-state index in [2.05, 4.69) is 34.4 Å². The monoisotopic (exact) mass is 451 g/mol. The first kappa shape index (κ1) is 18.5. The Kier molecular flexibility index (Phi) is 6.26. The zero-order chi connectivity index (χ0) is 17.0. The van der Waals surface area contributed by atoms with E-state index in [9.17, 15) is 13.2 Å². The van der Waals surface area contributed by atoms with E-state index in [1.807, 2.05) is 12.1 Å². The molecule has 1 saturated heterocycles. The van der Waals surface area contributed by atoms with E-state index < -0.39 is 10.0 Å². The molecule has 1 heterocycles. The summed E-state index contributed by atoms with van der Waals surface area (Å²) >= 11 is 2.16. The van der Waals surface area contributed by atoms with Crippen LogP contribution in [0.5, 0.6) is 0 Å². The first-order valence-corrected chi connectivity index (χ1v) is 10.5. The minimum absolute atomic E-state index is 0.147. The summed E-state index contributed by atoms with van der Waals surface area (Å²) in [6, 6.07) is 7.12. The SMILES string of the molecule is CCN1CCN(C(=O)CN(c2ccc(I)cc2)S(C)(=O)=O)CC1. The normalized spacial score (nSPS) is 16.4. The molecular formula is C15H22IN3O3S. The first-order valence-electron chi connectivity index (χ1n) is 7.54. The summed E-state index contributed by atoms with van der Waals surface area (Å²) in [6.07, 6.45) is 1.13. The van der Waals surface area contributed by atoms with Gasteiger partial charge in [0.25, 0.3) is 0 Å². The summed E-state index contributed by atoms with van der Waals surface area (Å²) in [5, 5.41) is 0. The van der Waals surface area contributed by atoms with Crippen LogP contribution in [-0.2, 0) is 14.8 Å². The molecule has 0 spiro atoms. The minimum Gasteiger partial charge on any atom is -0.339 e. The van der Waals surface area contributed by atoms with E-state index in [-0.39, 0.29) is 12.5 Å². The molecule has 0 aliphatic carbocycles. The van der Waals surface area contributed by atoms with E-state index in [1.165, 1.54) is 4.31 Å². The number of benzene rings is 1. The number of amides is 1. The Hall–Kier alpha value is -0.870. The van der Waals surface area contributed by atoms with Crippen molar-refractivity contribution >= 4 is 44.2 Å². The van der Waals surface area contributed by atoms with Gasteiger partial charge in [-0.2, -0.15) is 0 Å². The van der Waals surface area contributed by atoms with Crippen molar-refractivity contribution in [2.24, 2.45) is 0 Å². The maximum atomic E-state index is 12.5. The summed E-state index contributed by atoms with van der Waals surface area (Å²) in [7, 11) is -3.51. The fraction of sp³-hybridized carbons (Fsp3) is 0.533. The Balaban J connectivity index is 2.10. The molecule has 0 N–H and O–H groups in total. The molecule has 0 unspecified atom stereocenters. The molecule has 1 fully saturated rings. The molecule has 1 aromatic carbocycles. The molecule has 1 amide bonds. The van der Waals surface area contributed by atoms with Crippen molar-refractivity contribution in [1.82, 2.24) is 9.80 Å². The zero-order valence-corrected chi connectivity index (χ0v) is 16.4. The molecule has 0 atom stereocenters. The average Bonchev–Trinajstić information content (AvgIpc) is 2.52. The molecule has 1 aliphatic rings. The second-order valence-electron chi connectivity index (χ2n) is 5.56. The van der Waals surface area contributed by atoms with Crippen LogP contribution < -0.4 is 4.31 Å².